The van der Waals surface area contributed by atoms with Crippen LogP contribution in [0.4, 0.5) is 18.9 Å². The van der Waals surface area contributed by atoms with Crippen LogP contribution >= 0.6 is 0 Å². The van der Waals surface area contributed by atoms with E-state index in [0.29, 0.717) is 25.9 Å². The monoisotopic (exact) mass is 431 g/mol. The molecule has 1 amide bonds. The van der Waals surface area contributed by atoms with Crippen LogP contribution in [0.15, 0.2) is 48.5 Å². The molecule has 2 aromatic carbocycles. The van der Waals surface area contributed by atoms with Gasteiger partial charge in [-0.1, -0.05) is 36.4 Å². The summed E-state index contributed by atoms with van der Waals surface area (Å²) in [6.45, 7) is 1.32. The van der Waals surface area contributed by atoms with E-state index in [1.807, 2.05) is 12.1 Å². The highest BCUT2D eigenvalue weighted by atomic mass is 19.4. The van der Waals surface area contributed by atoms with Gasteiger partial charge in [0.05, 0.1) is 0 Å². The highest BCUT2D eigenvalue weighted by Gasteiger charge is 2.46. The lowest BCUT2D eigenvalue weighted by atomic mass is 9.95. The number of alkyl halides is 3. The summed E-state index contributed by atoms with van der Waals surface area (Å²) in [6, 6.07) is 12.9. The van der Waals surface area contributed by atoms with Gasteiger partial charge in [-0.25, -0.2) is 0 Å². The van der Waals surface area contributed by atoms with Gasteiger partial charge < -0.3 is 15.5 Å². The number of halogens is 3. The van der Waals surface area contributed by atoms with Crippen LogP contribution in [0, 0.1) is 5.92 Å². The molecule has 0 spiro atoms. The molecule has 1 heterocycles. The highest BCUT2D eigenvalue weighted by molar-refractivity contribution is 5.79. The molecule has 1 aliphatic carbocycles. The summed E-state index contributed by atoms with van der Waals surface area (Å²) in [4.78, 5) is 13.6. The molecule has 0 radical (unpaired) electrons. The smallest absolute Gasteiger partial charge is 0.382 e. The summed E-state index contributed by atoms with van der Waals surface area (Å²) in [7, 11) is 1.27. The number of fused-ring (bicyclic) bond motifs is 1. The molecule has 0 aromatic heterocycles. The fraction of sp³-hybridized carbons (Fsp3) is 0.458. The van der Waals surface area contributed by atoms with Crippen LogP contribution in [0.1, 0.15) is 35.6 Å². The topological polar surface area (TPSA) is 44.4 Å². The maximum absolute atomic E-state index is 13.9. The first-order valence-corrected chi connectivity index (χ1v) is 10.8. The second-order valence-electron chi connectivity index (χ2n) is 8.56. The number of carbonyl (C=O) groups excluding carboxylic acids is 1. The number of rotatable bonds is 5. The van der Waals surface area contributed by atoms with Gasteiger partial charge in [-0.3, -0.25) is 4.79 Å². The van der Waals surface area contributed by atoms with E-state index in [9.17, 15) is 18.0 Å². The number of piperidine rings is 1. The van der Waals surface area contributed by atoms with Crippen LogP contribution in [0.3, 0.4) is 0 Å². The van der Waals surface area contributed by atoms with E-state index >= 15 is 0 Å². The third kappa shape index (κ3) is 4.87. The SMILES string of the molecule is CN(C(=O)C1CCNCC1)C(c1ccc(NC2Cc3ccccc3C2)cc1)C(F)(F)F. The predicted molar refractivity (Wildman–Crippen MR) is 115 cm³/mol. The lowest BCUT2D eigenvalue weighted by Gasteiger charge is -2.34. The van der Waals surface area contributed by atoms with Crippen LogP contribution in [-0.2, 0) is 17.6 Å². The van der Waals surface area contributed by atoms with Crippen molar-refractivity contribution in [3.63, 3.8) is 0 Å². The van der Waals surface area contributed by atoms with E-state index in [0.717, 1.165) is 23.4 Å². The second-order valence-corrected chi connectivity index (χ2v) is 8.56. The summed E-state index contributed by atoms with van der Waals surface area (Å²) in [5, 5.41) is 6.57. The second kappa shape index (κ2) is 8.91. The van der Waals surface area contributed by atoms with E-state index in [-0.39, 0.29) is 17.5 Å². The molecule has 2 aromatic rings. The van der Waals surface area contributed by atoms with E-state index in [1.54, 1.807) is 12.1 Å². The minimum atomic E-state index is -4.54. The van der Waals surface area contributed by atoms with Gasteiger partial charge in [-0.2, -0.15) is 13.2 Å². The van der Waals surface area contributed by atoms with Crippen molar-refractivity contribution < 1.29 is 18.0 Å². The van der Waals surface area contributed by atoms with Gasteiger partial charge in [0, 0.05) is 24.7 Å². The average molecular weight is 432 g/mol. The third-order valence-corrected chi connectivity index (χ3v) is 6.38. The van der Waals surface area contributed by atoms with E-state index in [2.05, 4.69) is 22.8 Å². The van der Waals surface area contributed by atoms with Crippen molar-refractivity contribution >= 4 is 11.6 Å². The van der Waals surface area contributed by atoms with Crippen LogP contribution in [0.2, 0.25) is 0 Å². The maximum atomic E-state index is 13.9. The van der Waals surface area contributed by atoms with Crippen molar-refractivity contribution in [3.05, 3.63) is 65.2 Å². The van der Waals surface area contributed by atoms with E-state index in [4.69, 9.17) is 0 Å². The Labute approximate surface area is 180 Å². The molecular formula is C24H28F3N3O. The molecule has 7 heteroatoms. The zero-order valence-corrected chi connectivity index (χ0v) is 17.6. The van der Waals surface area contributed by atoms with Gasteiger partial charge in [0.1, 0.15) is 0 Å². The maximum Gasteiger partial charge on any atom is 0.413 e. The average Bonchev–Trinajstić information content (AvgIpc) is 3.16. The molecule has 166 valence electrons. The van der Waals surface area contributed by atoms with E-state index < -0.39 is 18.1 Å². The predicted octanol–water partition coefficient (Wildman–Crippen LogP) is 4.33. The molecule has 0 bridgehead atoms. The number of hydrogen-bond donors (Lipinski definition) is 2. The number of benzene rings is 2. The molecule has 2 N–H and O–H groups in total. The number of hydrogen-bond acceptors (Lipinski definition) is 3. The van der Waals surface area contributed by atoms with Gasteiger partial charge >= 0.3 is 6.18 Å². The summed E-state index contributed by atoms with van der Waals surface area (Å²) in [5.41, 5.74) is 3.49. The Kier molecular flexibility index (Phi) is 6.23. The first-order valence-electron chi connectivity index (χ1n) is 10.8. The summed E-state index contributed by atoms with van der Waals surface area (Å²) in [6.07, 6.45) is -1.60. The first-order chi connectivity index (χ1) is 14.8. The van der Waals surface area contributed by atoms with E-state index in [1.165, 1.54) is 30.3 Å². The Morgan fingerprint density at radius 3 is 2.16 bits per heavy atom. The fourth-order valence-corrected chi connectivity index (χ4v) is 4.77. The Bertz CT molecular complexity index is 882. The Balaban J connectivity index is 1.46. The molecule has 4 rings (SSSR count). The van der Waals surface area contributed by atoms with Crippen LogP contribution < -0.4 is 10.6 Å². The van der Waals surface area contributed by atoms with Crippen molar-refractivity contribution in [2.24, 2.45) is 5.92 Å². The molecule has 1 unspecified atom stereocenters. The molecule has 4 nitrogen and oxygen atoms in total. The molecule has 1 atom stereocenters. The zero-order chi connectivity index (χ0) is 22.0. The minimum Gasteiger partial charge on any atom is -0.382 e. The minimum absolute atomic E-state index is 0.0811. The lowest BCUT2D eigenvalue weighted by Crippen LogP contribution is -2.45. The molecule has 1 saturated heterocycles. The summed E-state index contributed by atoms with van der Waals surface area (Å²) >= 11 is 0. The number of nitrogens with zero attached hydrogens (tertiary/aromatic N) is 1. The normalized spacial score (nSPS) is 18.5. The largest absolute Gasteiger partial charge is 0.413 e. The number of anilines is 1. The first kappa shape index (κ1) is 21.7. The van der Waals surface area contributed by atoms with Crippen molar-refractivity contribution in [1.82, 2.24) is 10.2 Å². The van der Waals surface area contributed by atoms with Gasteiger partial charge in [0.25, 0.3) is 0 Å². The molecule has 1 fully saturated rings. The summed E-state index contributed by atoms with van der Waals surface area (Å²) in [5.74, 6) is -0.796. The van der Waals surface area contributed by atoms with Gasteiger partial charge in [0.15, 0.2) is 6.04 Å². The Hall–Kier alpha value is -2.54. The van der Waals surface area contributed by atoms with Gasteiger partial charge in [-0.15, -0.1) is 0 Å². The van der Waals surface area contributed by atoms with Gasteiger partial charge in [-0.05, 0) is 67.6 Å². The lowest BCUT2D eigenvalue weighted by molar-refractivity contribution is -0.190. The molecule has 0 saturated carbocycles. The van der Waals surface area contributed by atoms with Gasteiger partial charge in [0.2, 0.25) is 5.91 Å². The third-order valence-electron chi connectivity index (χ3n) is 6.38. The quantitative estimate of drug-likeness (QED) is 0.741. The fourth-order valence-electron chi connectivity index (χ4n) is 4.77. The van der Waals surface area contributed by atoms with Crippen molar-refractivity contribution in [2.75, 3.05) is 25.5 Å². The molecular weight excluding hydrogens is 403 g/mol. The number of nitrogens with one attached hydrogen (secondary N) is 2. The Morgan fingerprint density at radius 2 is 1.61 bits per heavy atom. The van der Waals surface area contributed by atoms with Crippen molar-refractivity contribution in [3.8, 4) is 0 Å². The Morgan fingerprint density at radius 1 is 1.03 bits per heavy atom. The number of carbonyl (C=O) groups is 1. The highest BCUT2D eigenvalue weighted by Crippen LogP contribution is 2.38. The van der Waals surface area contributed by atoms with Crippen LogP contribution in [0.25, 0.3) is 0 Å². The molecule has 2 aliphatic rings. The molecule has 1 aliphatic heterocycles. The standard InChI is InChI=1S/C24H28F3N3O/c1-30(23(31)17-10-12-28-13-11-17)22(24(25,26)27)16-6-8-20(9-7-16)29-21-14-18-4-2-3-5-19(18)15-21/h2-9,17,21-22,28-29H,10-15H2,1H3. The van der Waals surface area contributed by atoms with Crippen LogP contribution in [0.5, 0.6) is 0 Å². The van der Waals surface area contributed by atoms with Crippen molar-refractivity contribution in [2.45, 2.75) is 43.9 Å². The number of amides is 1. The van der Waals surface area contributed by atoms with Crippen molar-refractivity contribution in [1.29, 1.82) is 0 Å². The summed E-state index contributed by atoms with van der Waals surface area (Å²) < 4.78 is 41.8. The zero-order valence-electron chi connectivity index (χ0n) is 17.6. The van der Waals surface area contributed by atoms with Crippen LogP contribution in [-0.4, -0.2) is 43.2 Å². The molecule has 31 heavy (non-hydrogen) atoms.